The molecule has 15 heavy (non-hydrogen) atoms. The predicted octanol–water partition coefficient (Wildman–Crippen LogP) is 2.08. The Balaban J connectivity index is 1.66. The predicted molar refractivity (Wildman–Crippen MR) is 65.0 cm³/mol. The molecule has 2 fully saturated rings. The Kier molecular flexibility index (Phi) is 3.47. The van der Waals surface area contributed by atoms with Crippen LogP contribution < -0.4 is 10.6 Å². The van der Waals surface area contributed by atoms with Crippen LogP contribution in [-0.4, -0.2) is 26.2 Å². The number of hydrogen-bond acceptors (Lipinski definition) is 2. The van der Waals surface area contributed by atoms with Crippen LogP contribution in [0.3, 0.4) is 0 Å². The zero-order valence-electron chi connectivity index (χ0n) is 10.2. The highest BCUT2D eigenvalue weighted by Gasteiger charge is 2.40. The quantitative estimate of drug-likeness (QED) is 0.653. The van der Waals surface area contributed by atoms with Gasteiger partial charge in [0.1, 0.15) is 0 Å². The lowest BCUT2D eigenvalue weighted by molar-refractivity contribution is 0.428. The van der Waals surface area contributed by atoms with Gasteiger partial charge in [-0.3, -0.25) is 0 Å². The van der Waals surface area contributed by atoms with Crippen molar-refractivity contribution in [3.8, 4) is 0 Å². The molecule has 1 saturated heterocycles. The molecule has 86 valence electrons. The van der Waals surface area contributed by atoms with Crippen molar-refractivity contribution in [1.29, 1.82) is 0 Å². The molecule has 1 aliphatic carbocycles. The van der Waals surface area contributed by atoms with E-state index in [0.29, 0.717) is 5.41 Å². The Morgan fingerprint density at radius 1 is 1.40 bits per heavy atom. The van der Waals surface area contributed by atoms with Crippen molar-refractivity contribution >= 4 is 0 Å². The van der Waals surface area contributed by atoms with Crippen LogP contribution >= 0.6 is 0 Å². The van der Waals surface area contributed by atoms with Crippen molar-refractivity contribution in [3.05, 3.63) is 11.1 Å². The summed E-state index contributed by atoms with van der Waals surface area (Å²) in [6, 6.07) is 0. The second kappa shape index (κ2) is 4.67. The van der Waals surface area contributed by atoms with Crippen molar-refractivity contribution < 1.29 is 0 Å². The maximum absolute atomic E-state index is 3.64. The highest BCUT2D eigenvalue weighted by Crippen LogP contribution is 2.48. The molecule has 0 atom stereocenters. The van der Waals surface area contributed by atoms with E-state index in [1.54, 1.807) is 11.1 Å². The molecule has 0 aromatic rings. The Hall–Kier alpha value is -0.340. The zero-order chi connectivity index (χ0) is 10.7. The van der Waals surface area contributed by atoms with Gasteiger partial charge in [-0.1, -0.05) is 18.9 Å². The highest BCUT2D eigenvalue weighted by atomic mass is 14.9. The number of nitrogens with one attached hydrogen (secondary N) is 2. The molecule has 1 saturated carbocycles. The van der Waals surface area contributed by atoms with Crippen LogP contribution in [0.15, 0.2) is 11.1 Å². The summed E-state index contributed by atoms with van der Waals surface area (Å²) in [6.07, 6.45) is 5.65. The molecular formula is C13H24N2. The van der Waals surface area contributed by atoms with Crippen molar-refractivity contribution in [3.63, 3.8) is 0 Å². The van der Waals surface area contributed by atoms with Crippen molar-refractivity contribution in [2.75, 3.05) is 26.2 Å². The third kappa shape index (κ3) is 2.82. The lowest BCUT2D eigenvalue weighted by Gasteiger charge is -2.23. The molecular weight excluding hydrogens is 184 g/mol. The van der Waals surface area contributed by atoms with Crippen LogP contribution in [0, 0.1) is 5.41 Å². The molecule has 2 rings (SSSR count). The van der Waals surface area contributed by atoms with E-state index in [9.17, 15) is 0 Å². The summed E-state index contributed by atoms with van der Waals surface area (Å²) in [6.45, 7) is 9.14. The van der Waals surface area contributed by atoms with Gasteiger partial charge >= 0.3 is 0 Å². The van der Waals surface area contributed by atoms with Crippen molar-refractivity contribution in [2.45, 2.75) is 39.5 Å². The van der Waals surface area contributed by atoms with Gasteiger partial charge < -0.3 is 10.6 Å². The molecule has 2 nitrogen and oxygen atoms in total. The third-order valence-electron chi connectivity index (χ3n) is 3.91. The molecule has 2 aliphatic rings. The van der Waals surface area contributed by atoms with Crippen LogP contribution in [-0.2, 0) is 0 Å². The van der Waals surface area contributed by atoms with Crippen LogP contribution in [0.25, 0.3) is 0 Å². The molecule has 0 spiro atoms. The monoisotopic (exact) mass is 208 g/mol. The minimum Gasteiger partial charge on any atom is -0.312 e. The normalized spacial score (nSPS) is 22.4. The molecule has 0 radical (unpaired) electrons. The smallest absolute Gasteiger partial charge is 0.0183 e. The van der Waals surface area contributed by atoms with Gasteiger partial charge in [-0.05, 0) is 37.2 Å². The van der Waals surface area contributed by atoms with Gasteiger partial charge in [-0.2, -0.15) is 0 Å². The van der Waals surface area contributed by atoms with Gasteiger partial charge in [0.15, 0.2) is 0 Å². The average molecular weight is 208 g/mol. The summed E-state index contributed by atoms with van der Waals surface area (Å²) < 4.78 is 0. The van der Waals surface area contributed by atoms with Gasteiger partial charge in [-0.25, -0.2) is 0 Å². The summed E-state index contributed by atoms with van der Waals surface area (Å²) >= 11 is 0. The first-order chi connectivity index (χ1) is 7.26. The Bertz CT molecular complexity index is 245. The Morgan fingerprint density at radius 3 is 2.60 bits per heavy atom. The Labute approximate surface area is 93.5 Å². The number of rotatable bonds is 6. The van der Waals surface area contributed by atoms with Gasteiger partial charge in [0.25, 0.3) is 0 Å². The second-order valence-electron chi connectivity index (χ2n) is 5.34. The van der Waals surface area contributed by atoms with Gasteiger partial charge in [0.05, 0.1) is 0 Å². The maximum Gasteiger partial charge on any atom is 0.0183 e. The van der Waals surface area contributed by atoms with Crippen LogP contribution in [0.4, 0.5) is 0 Å². The summed E-state index contributed by atoms with van der Waals surface area (Å²) in [5.41, 5.74) is 3.86. The lowest BCUT2D eigenvalue weighted by Crippen LogP contribution is -2.36. The van der Waals surface area contributed by atoms with Crippen LogP contribution in [0.2, 0.25) is 0 Å². The standard InChI is InChI=1S/C13H24N2/c1-3-4-13(5-6-13)10-15-7-11(2)12-8-14-9-12/h14-15H,3-10H2,1-2H3. The zero-order valence-corrected chi connectivity index (χ0v) is 10.2. The van der Waals surface area contributed by atoms with Crippen LogP contribution in [0.1, 0.15) is 39.5 Å². The third-order valence-corrected chi connectivity index (χ3v) is 3.91. The molecule has 0 amide bonds. The van der Waals surface area contributed by atoms with E-state index in [1.165, 1.54) is 32.2 Å². The fourth-order valence-electron chi connectivity index (χ4n) is 2.41. The van der Waals surface area contributed by atoms with Crippen molar-refractivity contribution in [1.82, 2.24) is 10.6 Å². The van der Waals surface area contributed by atoms with E-state index < -0.39 is 0 Å². The minimum atomic E-state index is 0.692. The fourth-order valence-corrected chi connectivity index (χ4v) is 2.41. The first-order valence-electron chi connectivity index (χ1n) is 6.35. The summed E-state index contributed by atoms with van der Waals surface area (Å²) in [5.74, 6) is 0. The average Bonchev–Trinajstić information content (AvgIpc) is 2.82. The topological polar surface area (TPSA) is 24.1 Å². The highest BCUT2D eigenvalue weighted by molar-refractivity contribution is 5.22. The number of hydrogen-bond donors (Lipinski definition) is 2. The summed E-state index contributed by atoms with van der Waals surface area (Å²) in [4.78, 5) is 0. The van der Waals surface area contributed by atoms with Gasteiger partial charge in [0.2, 0.25) is 0 Å². The molecule has 1 heterocycles. The first kappa shape index (κ1) is 11.2. The van der Waals surface area contributed by atoms with E-state index >= 15 is 0 Å². The molecule has 2 N–H and O–H groups in total. The maximum atomic E-state index is 3.64. The molecule has 0 aromatic carbocycles. The molecule has 0 bridgehead atoms. The van der Waals surface area contributed by atoms with E-state index in [-0.39, 0.29) is 0 Å². The van der Waals surface area contributed by atoms with E-state index in [4.69, 9.17) is 0 Å². The minimum absolute atomic E-state index is 0.692. The first-order valence-corrected chi connectivity index (χ1v) is 6.35. The molecule has 1 aliphatic heterocycles. The van der Waals surface area contributed by atoms with E-state index in [0.717, 1.165) is 19.6 Å². The van der Waals surface area contributed by atoms with Gasteiger partial charge in [0, 0.05) is 26.2 Å². The lowest BCUT2D eigenvalue weighted by atomic mass is 10.00. The Morgan fingerprint density at radius 2 is 2.13 bits per heavy atom. The summed E-state index contributed by atoms with van der Waals surface area (Å²) in [5, 5.41) is 6.93. The molecule has 2 heteroatoms. The largest absolute Gasteiger partial charge is 0.312 e. The second-order valence-corrected chi connectivity index (χ2v) is 5.34. The fraction of sp³-hybridized carbons (Fsp3) is 0.846. The summed E-state index contributed by atoms with van der Waals surface area (Å²) in [7, 11) is 0. The van der Waals surface area contributed by atoms with Crippen molar-refractivity contribution in [2.24, 2.45) is 5.41 Å². The molecule has 0 aromatic heterocycles. The van der Waals surface area contributed by atoms with E-state index in [2.05, 4.69) is 24.5 Å². The SMILES string of the molecule is CCCC1(CNCC(C)=C2CNC2)CC1. The van der Waals surface area contributed by atoms with Crippen LogP contribution in [0.5, 0.6) is 0 Å². The van der Waals surface area contributed by atoms with E-state index in [1.807, 2.05) is 0 Å². The van der Waals surface area contributed by atoms with Gasteiger partial charge in [-0.15, -0.1) is 0 Å². The molecule has 0 unspecified atom stereocenters.